The van der Waals surface area contributed by atoms with Crippen molar-refractivity contribution in [3.63, 3.8) is 0 Å². The smallest absolute Gasteiger partial charge is 0.344 e. The standard InChI is InChI=1S/C7H9N3O4/c11-5(12)7(1-2-14-3-7)10-4-8-9-6(10)13/h4H,1-3H2,(H,9,13)(H,11,12). The number of rotatable bonds is 2. The van der Waals surface area contributed by atoms with Crippen LogP contribution in [0.1, 0.15) is 6.42 Å². The summed E-state index contributed by atoms with van der Waals surface area (Å²) >= 11 is 0. The Morgan fingerprint density at radius 3 is 3.00 bits per heavy atom. The fraction of sp³-hybridized carbons (Fsp3) is 0.571. The molecule has 1 saturated heterocycles. The molecular formula is C7H9N3O4. The van der Waals surface area contributed by atoms with Crippen LogP contribution in [0.4, 0.5) is 0 Å². The van der Waals surface area contributed by atoms with Gasteiger partial charge in [-0.15, -0.1) is 0 Å². The zero-order chi connectivity index (χ0) is 10.2. The van der Waals surface area contributed by atoms with E-state index >= 15 is 0 Å². The second-order valence-corrected chi connectivity index (χ2v) is 3.17. The van der Waals surface area contributed by atoms with Crippen LogP contribution < -0.4 is 5.69 Å². The molecular weight excluding hydrogens is 190 g/mol. The van der Waals surface area contributed by atoms with Crippen molar-refractivity contribution in [2.24, 2.45) is 0 Å². The Balaban J connectivity index is 2.52. The Labute approximate surface area is 78.3 Å². The average Bonchev–Trinajstić information content (AvgIpc) is 2.72. The monoisotopic (exact) mass is 199 g/mol. The van der Waals surface area contributed by atoms with Crippen LogP contribution in [0, 0.1) is 0 Å². The molecule has 76 valence electrons. The molecule has 7 nitrogen and oxygen atoms in total. The number of aromatic amines is 1. The number of hydrogen-bond donors (Lipinski definition) is 2. The minimum Gasteiger partial charge on any atom is -0.479 e. The lowest BCUT2D eigenvalue weighted by Crippen LogP contribution is -2.46. The molecule has 1 aliphatic heterocycles. The number of carboxylic acids is 1. The van der Waals surface area contributed by atoms with Crippen molar-refractivity contribution in [3.8, 4) is 0 Å². The number of nitrogens with one attached hydrogen (secondary N) is 1. The highest BCUT2D eigenvalue weighted by Crippen LogP contribution is 2.25. The highest BCUT2D eigenvalue weighted by Gasteiger charge is 2.45. The van der Waals surface area contributed by atoms with Gasteiger partial charge in [0.15, 0.2) is 5.54 Å². The number of aromatic nitrogens is 3. The summed E-state index contributed by atoms with van der Waals surface area (Å²) in [5.41, 5.74) is -1.82. The minimum atomic E-state index is -1.29. The second-order valence-electron chi connectivity index (χ2n) is 3.17. The first-order valence-electron chi connectivity index (χ1n) is 4.10. The maximum atomic E-state index is 11.2. The van der Waals surface area contributed by atoms with E-state index in [0.29, 0.717) is 6.61 Å². The molecule has 0 spiro atoms. The number of carbonyl (C=O) groups is 1. The average molecular weight is 199 g/mol. The predicted molar refractivity (Wildman–Crippen MR) is 43.9 cm³/mol. The molecule has 0 bridgehead atoms. The van der Waals surface area contributed by atoms with Gasteiger partial charge in [-0.25, -0.2) is 14.7 Å². The van der Waals surface area contributed by atoms with E-state index in [-0.39, 0.29) is 13.0 Å². The van der Waals surface area contributed by atoms with E-state index < -0.39 is 17.2 Å². The van der Waals surface area contributed by atoms with Gasteiger partial charge in [0.1, 0.15) is 6.33 Å². The van der Waals surface area contributed by atoms with Crippen molar-refractivity contribution in [2.45, 2.75) is 12.0 Å². The van der Waals surface area contributed by atoms with Crippen molar-refractivity contribution < 1.29 is 14.6 Å². The van der Waals surface area contributed by atoms with Crippen molar-refractivity contribution in [2.75, 3.05) is 13.2 Å². The molecule has 0 amide bonds. The summed E-state index contributed by atoms with van der Waals surface area (Å²) < 4.78 is 6.09. The van der Waals surface area contributed by atoms with Crippen LogP contribution in [0.5, 0.6) is 0 Å². The van der Waals surface area contributed by atoms with Crippen LogP contribution >= 0.6 is 0 Å². The van der Waals surface area contributed by atoms with Gasteiger partial charge in [-0.3, -0.25) is 4.57 Å². The lowest BCUT2D eigenvalue weighted by molar-refractivity contribution is -0.147. The van der Waals surface area contributed by atoms with Crippen LogP contribution in [-0.4, -0.2) is 39.1 Å². The molecule has 1 atom stereocenters. The largest absolute Gasteiger partial charge is 0.479 e. The van der Waals surface area contributed by atoms with E-state index in [4.69, 9.17) is 9.84 Å². The van der Waals surface area contributed by atoms with Crippen molar-refractivity contribution in [1.82, 2.24) is 14.8 Å². The SMILES string of the molecule is O=C(O)C1(n2cn[nH]c2=O)CCOC1. The van der Waals surface area contributed by atoms with E-state index in [0.717, 1.165) is 4.57 Å². The molecule has 2 rings (SSSR count). The van der Waals surface area contributed by atoms with E-state index in [9.17, 15) is 9.59 Å². The predicted octanol–water partition coefficient (Wildman–Crippen LogP) is -1.23. The third kappa shape index (κ3) is 1.06. The lowest BCUT2D eigenvalue weighted by Gasteiger charge is -2.21. The minimum absolute atomic E-state index is 0.00176. The van der Waals surface area contributed by atoms with E-state index in [1.54, 1.807) is 0 Å². The molecule has 2 N–H and O–H groups in total. The fourth-order valence-electron chi connectivity index (χ4n) is 1.57. The molecule has 0 saturated carbocycles. The van der Waals surface area contributed by atoms with Gasteiger partial charge in [-0.2, -0.15) is 5.10 Å². The normalized spacial score (nSPS) is 26.6. The van der Waals surface area contributed by atoms with Gasteiger partial charge in [-0.1, -0.05) is 0 Å². The van der Waals surface area contributed by atoms with E-state index in [1.165, 1.54) is 6.33 Å². The molecule has 1 aromatic heterocycles. The van der Waals surface area contributed by atoms with Crippen molar-refractivity contribution >= 4 is 5.97 Å². The summed E-state index contributed by atoms with van der Waals surface area (Å²) in [5, 5.41) is 14.7. The van der Waals surface area contributed by atoms with Gasteiger partial charge >= 0.3 is 11.7 Å². The van der Waals surface area contributed by atoms with Gasteiger partial charge in [0.2, 0.25) is 0 Å². The third-order valence-electron chi connectivity index (χ3n) is 2.41. The Bertz CT molecular complexity index is 401. The van der Waals surface area contributed by atoms with Crippen molar-refractivity contribution in [3.05, 3.63) is 16.8 Å². The first kappa shape index (κ1) is 8.95. The molecule has 0 aliphatic carbocycles. The number of carboxylic acid groups (broad SMARTS) is 1. The second kappa shape index (κ2) is 2.95. The summed E-state index contributed by atoms with van der Waals surface area (Å²) in [5.74, 6) is -1.07. The topological polar surface area (TPSA) is 97.2 Å². The van der Waals surface area contributed by atoms with Gasteiger partial charge in [0, 0.05) is 13.0 Å². The number of ether oxygens (including phenoxy) is 1. The molecule has 1 fully saturated rings. The van der Waals surface area contributed by atoms with Crippen LogP contribution in [-0.2, 0) is 15.1 Å². The van der Waals surface area contributed by atoms with Crippen LogP contribution in [0.2, 0.25) is 0 Å². The fourth-order valence-corrected chi connectivity index (χ4v) is 1.57. The summed E-state index contributed by atoms with van der Waals surface area (Å²) in [6.45, 7) is 0.339. The molecule has 0 radical (unpaired) electrons. The first-order chi connectivity index (χ1) is 6.67. The molecule has 2 heterocycles. The molecule has 7 heteroatoms. The summed E-state index contributed by atoms with van der Waals surface area (Å²) in [4.78, 5) is 22.3. The Morgan fingerprint density at radius 2 is 2.57 bits per heavy atom. The van der Waals surface area contributed by atoms with Gasteiger partial charge < -0.3 is 9.84 Å². The Hall–Kier alpha value is -1.63. The summed E-state index contributed by atoms with van der Waals surface area (Å²) in [6.07, 6.45) is 1.47. The highest BCUT2D eigenvalue weighted by atomic mass is 16.5. The molecule has 14 heavy (non-hydrogen) atoms. The van der Waals surface area contributed by atoms with Crippen LogP contribution in [0.25, 0.3) is 0 Å². The van der Waals surface area contributed by atoms with Crippen LogP contribution in [0.15, 0.2) is 11.1 Å². The number of nitrogens with zero attached hydrogens (tertiary/aromatic N) is 2. The quantitative estimate of drug-likeness (QED) is 0.621. The van der Waals surface area contributed by atoms with Crippen LogP contribution in [0.3, 0.4) is 0 Å². The zero-order valence-corrected chi connectivity index (χ0v) is 7.27. The van der Waals surface area contributed by atoms with Gasteiger partial charge in [-0.05, 0) is 0 Å². The molecule has 1 aromatic rings. The van der Waals surface area contributed by atoms with Gasteiger partial charge in [0.05, 0.1) is 6.61 Å². The summed E-state index contributed by atoms with van der Waals surface area (Å²) in [6, 6.07) is 0. The lowest BCUT2D eigenvalue weighted by atomic mass is 9.99. The summed E-state index contributed by atoms with van der Waals surface area (Å²) in [7, 11) is 0. The molecule has 1 aliphatic rings. The van der Waals surface area contributed by atoms with Gasteiger partial charge in [0.25, 0.3) is 0 Å². The molecule has 1 unspecified atom stereocenters. The number of H-pyrrole nitrogens is 1. The zero-order valence-electron chi connectivity index (χ0n) is 7.27. The molecule has 0 aromatic carbocycles. The Kier molecular flexibility index (Phi) is 1.88. The maximum Gasteiger partial charge on any atom is 0.344 e. The Morgan fingerprint density at radius 1 is 1.79 bits per heavy atom. The first-order valence-corrected chi connectivity index (χ1v) is 4.10. The number of hydrogen-bond acceptors (Lipinski definition) is 4. The third-order valence-corrected chi connectivity index (χ3v) is 2.41. The van der Waals surface area contributed by atoms with Crippen molar-refractivity contribution in [1.29, 1.82) is 0 Å². The highest BCUT2D eigenvalue weighted by molar-refractivity contribution is 5.77. The van der Waals surface area contributed by atoms with E-state index in [2.05, 4.69) is 10.2 Å². The maximum absolute atomic E-state index is 11.2. The van der Waals surface area contributed by atoms with E-state index in [1.807, 2.05) is 0 Å². The number of aliphatic carboxylic acids is 1.